The predicted molar refractivity (Wildman–Crippen MR) is 107 cm³/mol. The minimum absolute atomic E-state index is 0.0682. The number of alkyl halides is 1. The van der Waals surface area contributed by atoms with Crippen molar-refractivity contribution in [3.63, 3.8) is 0 Å². The van der Waals surface area contributed by atoms with Gasteiger partial charge >= 0.3 is 0 Å². The first-order chi connectivity index (χ1) is 13.9. The highest BCUT2D eigenvalue weighted by atomic mass is 35.5. The van der Waals surface area contributed by atoms with Gasteiger partial charge in [-0.15, -0.1) is 0 Å². The Morgan fingerprint density at radius 3 is 2.62 bits per heavy atom. The fraction of sp³-hybridized carbons (Fsp3) is 0.100. The maximum absolute atomic E-state index is 14.3. The molecule has 3 aromatic rings. The molecule has 0 aliphatic carbocycles. The summed E-state index contributed by atoms with van der Waals surface area (Å²) in [5, 5.41) is 15.2. The van der Waals surface area contributed by atoms with Gasteiger partial charge in [-0.25, -0.2) is 13.5 Å². The molecule has 0 saturated carbocycles. The zero-order chi connectivity index (χ0) is 20.5. The minimum atomic E-state index is -0.664. The van der Waals surface area contributed by atoms with Gasteiger partial charge in [0.2, 0.25) is 0 Å². The second kappa shape index (κ2) is 7.56. The molecule has 4 rings (SSSR count). The van der Waals surface area contributed by atoms with Gasteiger partial charge in [0.1, 0.15) is 17.5 Å². The van der Waals surface area contributed by atoms with E-state index in [1.807, 2.05) is 0 Å². The van der Waals surface area contributed by atoms with Crippen molar-refractivity contribution in [2.45, 2.75) is 12.2 Å². The first-order valence-electron chi connectivity index (χ1n) is 8.72. The van der Waals surface area contributed by atoms with Crippen LogP contribution in [-0.4, -0.2) is 26.1 Å². The van der Waals surface area contributed by atoms with E-state index >= 15 is 0 Å². The summed E-state index contributed by atoms with van der Waals surface area (Å²) in [6.07, 6.45) is 4.82. The van der Waals surface area contributed by atoms with Gasteiger partial charge in [-0.1, -0.05) is 11.6 Å². The van der Waals surface area contributed by atoms with Gasteiger partial charge in [0.05, 0.1) is 17.6 Å². The zero-order valence-electron chi connectivity index (χ0n) is 15.1. The Kier molecular flexibility index (Phi) is 4.94. The van der Waals surface area contributed by atoms with Crippen molar-refractivity contribution in [1.29, 1.82) is 5.41 Å². The van der Waals surface area contributed by atoms with Crippen molar-refractivity contribution in [3.05, 3.63) is 84.0 Å². The number of halogens is 3. The number of rotatable bonds is 4. The SMILES string of the molecule is N=C1C(N)=CNC(Cl)N1Cc1cc(F)cc(-c2cnn(-c3ccc(F)cc3)c2)c1. The molecule has 1 atom stereocenters. The topological polar surface area (TPSA) is 83.0 Å². The number of nitrogens with one attached hydrogen (secondary N) is 2. The molecule has 1 aliphatic heterocycles. The largest absolute Gasteiger partial charge is 0.395 e. The highest BCUT2D eigenvalue weighted by Crippen LogP contribution is 2.25. The van der Waals surface area contributed by atoms with Gasteiger partial charge in [0.15, 0.2) is 5.62 Å². The van der Waals surface area contributed by atoms with E-state index < -0.39 is 11.4 Å². The van der Waals surface area contributed by atoms with Crippen molar-refractivity contribution in [2.75, 3.05) is 0 Å². The molecule has 1 aliphatic rings. The molecular formula is C20H17ClF2N6. The molecule has 2 heterocycles. The van der Waals surface area contributed by atoms with Crippen molar-refractivity contribution in [1.82, 2.24) is 20.0 Å². The third kappa shape index (κ3) is 3.93. The summed E-state index contributed by atoms with van der Waals surface area (Å²) >= 11 is 6.21. The summed E-state index contributed by atoms with van der Waals surface area (Å²) in [6, 6.07) is 10.5. The monoisotopic (exact) mass is 414 g/mol. The van der Waals surface area contributed by atoms with Crippen LogP contribution in [-0.2, 0) is 6.54 Å². The molecule has 0 fully saturated rings. The summed E-state index contributed by atoms with van der Waals surface area (Å²) in [4.78, 5) is 1.53. The van der Waals surface area contributed by atoms with Crippen LogP contribution in [0.3, 0.4) is 0 Å². The molecule has 2 aromatic carbocycles. The Bertz CT molecular complexity index is 1090. The average Bonchev–Trinajstić information content (AvgIpc) is 3.19. The number of aromatic nitrogens is 2. The molecule has 4 N–H and O–H groups in total. The fourth-order valence-electron chi connectivity index (χ4n) is 3.07. The number of nitrogens with zero attached hydrogens (tertiary/aromatic N) is 3. The van der Waals surface area contributed by atoms with E-state index in [-0.39, 0.29) is 23.9 Å². The van der Waals surface area contributed by atoms with Gasteiger partial charge in [-0.3, -0.25) is 5.41 Å². The van der Waals surface area contributed by atoms with Gasteiger partial charge < -0.3 is 16.0 Å². The summed E-state index contributed by atoms with van der Waals surface area (Å²) in [6.45, 7) is 0.200. The van der Waals surface area contributed by atoms with E-state index in [0.29, 0.717) is 22.4 Å². The molecule has 0 amide bonds. The third-order valence-corrected chi connectivity index (χ3v) is 4.89. The van der Waals surface area contributed by atoms with Gasteiger partial charge in [-0.2, -0.15) is 5.10 Å². The molecular weight excluding hydrogens is 398 g/mol. The molecule has 29 heavy (non-hydrogen) atoms. The van der Waals surface area contributed by atoms with E-state index in [2.05, 4.69) is 10.4 Å². The predicted octanol–water partition coefficient (Wildman–Crippen LogP) is 3.52. The lowest BCUT2D eigenvalue weighted by Gasteiger charge is -2.33. The number of hydrogen-bond acceptors (Lipinski definition) is 4. The highest BCUT2D eigenvalue weighted by molar-refractivity contribution is 6.22. The van der Waals surface area contributed by atoms with Gasteiger partial charge in [0.25, 0.3) is 0 Å². The smallest absolute Gasteiger partial charge is 0.178 e. The van der Waals surface area contributed by atoms with E-state index in [1.54, 1.807) is 35.3 Å². The van der Waals surface area contributed by atoms with E-state index in [0.717, 1.165) is 0 Å². The Hall–Kier alpha value is -3.39. The second-order valence-electron chi connectivity index (χ2n) is 6.58. The Morgan fingerprint density at radius 1 is 1.10 bits per heavy atom. The van der Waals surface area contributed by atoms with Crippen molar-refractivity contribution in [3.8, 4) is 16.8 Å². The quantitative estimate of drug-likeness (QED) is 0.450. The number of hydrogen-bond donors (Lipinski definition) is 3. The summed E-state index contributed by atoms with van der Waals surface area (Å²) < 4.78 is 29.0. The normalized spacial score (nSPS) is 16.5. The van der Waals surface area contributed by atoms with E-state index in [4.69, 9.17) is 22.7 Å². The van der Waals surface area contributed by atoms with Crippen LogP contribution in [0.25, 0.3) is 16.8 Å². The lowest BCUT2D eigenvalue weighted by Crippen LogP contribution is -2.48. The van der Waals surface area contributed by atoms with Crippen LogP contribution in [0.2, 0.25) is 0 Å². The molecule has 9 heteroatoms. The second-order valence-corrected chi connectivity index (χ2v) is 6.99. The Balaban J connectivity index is 1.61. The van der Waals surface area contributed by atoms with Crippen molar-refractivity contribution >= 4 is 17.4 Å². The molecule has 148 valence electrons. The average molecular weight is 415 g/mol. The van der Waals surface area contributed by atoms with Crippen LogP contribution in [0.5, 0.6) is 0 Å². The molecule has 0 bridgehead atoms. The Labute approximate surface area is 170 Å². The molecule has 6 nitrogen and oxygen atoms in total. The van der Waals surface area contributed by atoms with Crippen molar-refractivity contribution < 1.29 is 8.78 Å². The lowest BCUT2D eigenvalue weighted by molar-refractivity contribution is 0.346. The standard InChI is InChI=1S/C20H17ClF2N6/c21-20-26-9-18(24)19(25)28(20)10-12-5-13(7-16(23)6-12)14-8-27-29(11-14)17-3-1-15(22)2-4-17/h1-9,11,20,25-26H,10,24H2. The summed E-state index contributed by atoms with van der Waals surface area (Å²) in [5.74, 6) is -0.682. The third-order valence-electron chi connectivity index (χ3n) is 4.53. The summed E-state index contributed by atoms with van der Waals surface area (Å²) in [7, 11) is 0. The van der Waals surface area contributed by atoms with Crippen molar-refractivity contribution in [2.24, 2.45) is 5.73 Å². The molecule has 1 unspecified atom stereocenters. The van der Waals surface area contributed by atoms with Gasteiger partial charge in [0, 0.05) is 24.5 Å². The van der Waals surface area contributed by atoms with E-state index in [9.17, 15) is 8.78 Å². The zero-order valence-corrected chi connectivity index (χ0v) is 15.9. The van der Waals surface area contributed by atoms with Crippen LogP contribution >= 0.6 is 11.6 Å². The Morgan fingerprint density at radius 2 is 1.86 bits per heavy atom. The molecule has 0 radical (unpaired) electrons. The van der Waals surface area contributed by atoms with Crippen LogP contribution in [0.4, 0.5) is 8.78 Å². The van der Waals surface area contributed by atoms with Crippen LogP contribution in [0, 0.1) is 17.0 Å². The first-order valence-corrected chi connectivity index (χ1v) is 9.16. The lowest BCUT2D eigenvalue weighted by atomic mass is 10.1. The van der Waals surface area contributed by atoms with Crippen LogP contribution < -0.4 is 11.1 Å². The molecule has 1 aromatic heterocycles. The van der Waals surface area contributed by atoms with Crippen LogP contribution in [0.1, 0.15) is 5.56 Å². The van der Waals surface area contributed by atoms with Crippen LogP contribution in [0.15, 0.2) is 66.8 Å². The minimum Gasteiger partial charge on any atom is -0.395 e. The highest BCUT2D eigenvalue weighted by Gasteiger charge is 2.24. The fourth-order valence-corrected chi connectivity index (χ4v) is 3.30. The number of benzene rings is 2. The number of amidine groups is 1. The molecule has 0 spiro atoms. The number of nitrogens with two attached hydrogens (primary N) is 1. The first kappa shape index (κ1) is 18.9. The van der Waals surface area contributed by atoms with E-state index in [1.165, 1.54) is 35.4 Å². The maximum Gasteiger partial charge on any atom is 0.178 e. The maximum atomic E-state index is 14.3. The summed E-state index contributed by atoms with van der Waals surface area (Å²) in [5.41, 5.74) is 7.99. The molecule has 0 saturated heterocycles. The van der Waals surface area contributed by atoms with Gasteiger partial charge in [-0.05, 0) is 53.6 Å².